The van der Waals surface area contributed by atoms with Crippen molar-refractivity contribution in [3.63, 3.8) is 0 Å². The Morgan fingerprint density at radius 1 is 0.895 bits per heavy atom. The molecule has 0 nitrogen and oxygen atoms in total. The van der Waals surface area contributed by atoms with Crippen molar-refractivity contribution in [3.8, 4) is 0 Å². The Morgan fingerprint density at radius 3 is 1.68 bits per heavy atom. The summed E-state index contributed by atoms with van der Waals surface area (Å²) in [6.45, 7) is 5.57. The van der Waals surface area contributed by atoms with E-state index in [2.05, 4.69) is 42.5 Å². The zero-order valence-electron chi connectivity index (χ0n) is 12.8. The average Bonchev–Trinajstić information content (AvgIpc) is 2.40. The summed E-state index contributed by atoms with van der Waals surface area (Å²) in [6.07, 6.45) is 17.5. The van der Waals surface area contributed by atoms with Crippen LogP contribution in [0.3, 0.4) is 0 Å². The zero-order valence-corrected chi connectivity index (χ0v) is 15.0. The van der Waals surface area contributed by atoms with E-state index in [0.29, 0.717) is 5.92 Å². The minimum absolute atomic E-state index is 0.710. The van der Waals surface area contributed by atoms with E-state index in [0.717, 1.165) is 18.3 Å². The van der Waals surface area contributed by atoms with Crippen LogP contribution in [0.2, 0.25) is 11.6 Å². The van der Waals surface area contributed by atoms with Crippen LogP contribution in [0, 0.1) is 5.92 Å². The van der Waals surface area contributed by atoms with Gasteiger partial charge in [-0.2, -0.15) is 0 Å². The molecule has 0 saturated heterocycles. The molecule has 0 heterocycles. The van der Waals surface area contributed by atoms with Crippen LogP contribution in [-0.4, -0.2) is 6.71 Å². The highest BCUT2D eigenvalue weighted by Crippen LogP contribution is 2.45. The second kappa shape index (κ2) is 8.09. The molecule has 0 aromatic rings. The molecule has 0 spiro atoms. The van der Waals surface area contributed by atoms with Crippen molar-refractivity contribution in [2.24, 2.45) is 5.92 Å². The van der Waals surface area contributed by atoms with E-state index < -0.39 is 0 Å². The second-order valence-corrected chi connectivity index (χ2v) is 8.36. The summed E-state index contributed by atoms with van der Waals surface area (Å²) < 4.78 is 1.70. The first-order valence-electron chi connectivity index (χ1n) is 8.55. The first-order chi connectivity index (χ1) is 9.18. The number of allylic oxidation sites excluding steroid dienone is 1. The fourth-order valence-electron chi connectivity index (χ4n) is 4.25. The predicted octanol–water partition coefficient (Wildman–Crippen LogP) is 6.66. The molecule has 0 radical (unpaired) electrons. The van der Waals surface area contributed by atoms with Gasteiger partial charge >= 0.3 is 0 Å². The Bertz CT molecular complexity index is 268. The van der Waals surface area contributed by atoms with Gasteiger partial charge in [0, 0.05) is 0 Å². The highest BCUT2D eigenvalue weighted by Gasteiger charge is 2.36. The van der Waals surface area contributed by atoms with E-state index in [9.17, 15) is 0 Å². The zero-order chi connectivity index (χ0) is 13.7. The second-order valence-electron chi connectivity index (χ2n) is 7.12. The number of rotatable bonds is 4. The SMILES string of the molecule is CC(C)/C=C(\I)B(C1CCCCC1)C1CCCCC1. The standard InChI is InChI=1S/C17H30BI/c1-14(2)13-17(19)18(15-9-5-3-6-10-15)16-11-7-4-8-12-16/h13-16H,3-12H2,1-2H3/b17-13-. The van der Waals surface area contributed by atoms with Gasteiger partial charge in [-0.15, -0.1) is 0 Å². The average molecular weight is 372 g/mol. The van der Waals surface area contributed by atoms with Crippen molar-refractivity contribution in [1.82, 2.24) is 0 Å². The maximum Gasteiger partial charge on any atom is 0.189 e. The highest BCUT2D eigenvalue weighted by atomic mass is 127. The Morgan fingerprint density at radius 2 is 1.32 bits per heavy atom. The topological polar surface area (TPSA) is 0 Å². The maximum absolute atomic E-state index is 2.68. The lowest BCUT2D eigenvalue weighted by atomic mass is 9.30. The monoisotopic (exact) mass is 372 g/mol. The van der Waals surface area contributed by atoms with Crippen molar-refractivity contribution < 1.29 is 0 Å². The van der Waals surface area contributed by atoms with Gasteiger partial charge in [0.05, 0.1) is 0 Å². The maximum atomic E-state index is 2.68. The van der Waals surface area contributed by atoms with E-state index in [1.165, 1.54) is 64.2 Å². The van der Waals surface area contributed by atoms with Gasteiger partial charge in [0.25, 0.3) is 0 Å². The summed E-state index contributed by atoms with van der Waals surface area (Å²) in [5.74, 6) is 2.71. The first-order valence-corrected chi connectivity index (χ1v) is 9.63. The van der Waals surface area contributed by atoms with E-state index in [1.807, 2.05) is 0 Å². The van der Waals surface area contributed by atoms with Crippen LogP contribution < -0.4 is 0 Å². The molecule has 19 heavy (non-hydrogen) atoms. The van der Waals surface area contributed by atoms with Crippen LogP contribution in [0.15, 0.2) is 9.56 Å². The summed E-state index contributed by atoms with van der Waals surface area (Å²) in [6, 6.07) is 0. The molecule has 0 amide bonds. The van der Waals surface area contributed by atoms with E-state index >= 15 is 0 Å². The Kier molecular flexibility index (Phi) is 6.78. The van der Waals surface area contributed by atoms with Gasteiger partial charge < -0.3 is 0 Å². The molecule has 2 heteroatoms. The molecule has 0 bridgehead atoms. The van der Waals surface area contributed by atoms with Gasteiger partial charge in [-0.25, -0.2) is 0 Å². The molecule has 2 aliphatic carbocycles. The molecule has 0 atom stereocenters. The molecule has 2 saturated carbocycles. The fourth-order valence-corrected chi connectivity index (χ4v) is 5.99. The first kappa shape index (κ1) is 15.9. The predicted molar refractivity (Wildman–Crippen MR) is 96.4 cm³/mol. The summed E-state index contributed by atoms with van der Waals surface area (Å²) in [5, 5.41) is 0. The number of hydrogen-bond acceptors (Lipinski definition) is 0. The van der Waals surface area contributed by atoms with Gasteiger partial charge in [0.2, 0.25) is 0 Å². The van der Waals surface area contributed by atoms with Gasteiger partial charge in [0.15, 0.2) is 6.71 Å². The van der Waals surface area contributed by atoms with Crippen LogP contribution in [0.5, 0.6) is 0 Å². The minimum atomic E-state index is 0.710. The van der Waals surface area contributed by atoms with E-state index in [1.54, 1.807) is 3.48 Å². The highest BCUT2D eigenvalue weighted by molar-refractivity contribution is 14.1. The summed E-state index contributed by atoms with van der Waals surface area (Å²) in [7, 11) is 0. The third-order valence-electron chi connectivity index (χ3n) is 5.13. The molecular weight excluding hydrogens is 342 g/mol. The molecule has 0 aromatic heterocycles. The van der Waals surface area contributed by atoms with Crippen molar-refractivity contribution in [1.29, 1.82) is 0 Å². The van der Waals surface area contributed by atoms with Gasteiger partial charge in [-0.1, -0.05) is 118 Å². The Balaban J connectivity index is 2.10. The van der Waals surface area contributed by atoms with Crippen LogP contribution >= 0.6 is 22.6 Å². The van der Waals surface area contributed by atoms with Crippen molar-refractivity contribution in [3.05, 3.63) is 9.56 Å². The minimum Gasteiger partial charge on any atom is -0.0816 e. The molecule has 0 N–H and O–H groups in total. The molecule has 2 aliphatic rings. The molecule has 2 rings (SSSR count). The van der Waals surface area contributed by atoms with Crippen LogP contribution in [0.4, 0.5) is 0 Å². The van der Waals surface area contributed by atoms with Gasteiger partial charge in [-0.05, 0) is 9.40 Å². The van der Waals surface area contributed by atoms with E-state index in [4.69, 9.17) is 0 Å². The fraction of sp³-hybridized carbons (Fsp3) is 0.882. The van der Waals surface area contributed by atoms with Crippen LogP contribution in [-0.2, 0) is 0 Å². The van der Waals surface area contributed by atoms with Crippen LogP contribution in [0.25, 0.3) is 0 Å². The summed E-state index contributed by atoms with van der Waals surface area (Å²) >= 11 is 2.68. The van der Waals surface area contributed by atoms with Crippen LogP contribution in [0.1, 0.15) is 78.1 Å². The van der Waals surface area contributed by atoms with Crippen molar-refractivity contribution in [2.45, 2.75) is 89.7 Å². The molecule has 0 unspecified atom stereocenters. The molecule has 0 aromatic carbocycles. The van der Waals surface area contributed by atoms with Gasteiger partial charge in [0.1, 0.15) is 0 Å². The Hall–Kier alpha value is 0.535. The number of halogens is 1. The largest absolute Gasteiger partial charge is 0.189 e. The molecule has 2 fully saturated rings. The third-order valence-corrected chi connectivity index (χ3v) is 6.21. The normalized spacial score (nSPS) is 23.9. The lowest BCUT2D eigenvalue weighted by molar-refractivity contribution is 0.464. The Labute approximate surface area is 134 Å². The third kappa shape index (κ3) is 4.79. The van der Waals surface area contributed by atoms with Crippen molar-refractivity contribution >= 4 is 29.3 Å². The summed E-state index contributed by atoms with van der Waals surface area (Å²) in [4.78, 5) is 0. The lowest BCUT2D eigenvalue weighted by Gasteiger charge is -2.35. The van der Waals surface area contributed by atoms with Gasteiger partial charge in [-0.3, -0.25) is 0 Å². The van der Waals surface area contributed by atoms with Crippen molar-refractivity contribution in [2.75, 3.05) is 0 Å². The molecule has 0 aliphatic heterocycles. The molecular formula is C17H30BI. The van der Waals surface area contributed by atoms with E-state index in [-0.39, 0.29) is 0 Å². The summed E-state index contributed by atoms with van der Waals surface area (Å²) in [5.41, 5.74) is 0. The quantitative estimate of drug-likeness (QED) is 0.382. The lowest BCUT2D eigenvalue weighted by Crippen LogP contribution is -2.31. The smallest absolute Gasteiger partial charge is 0.0816 e. The molecule has 108 valence electrons. The number of hydrogen-bond donors (Lipinski definition) is 0.